The molecule has 4 heteroatoms. The Kier molecular flexibility index (Phi) is 4.17. The number of hydrogen-bond acceptors (Lipinski definition) is 3. The summed E-state index contributed by atoms with van der Waals surface area (Å²) >= 11 is 0. The van der Waals surface area contributed by atoms with E-state index in [0.717, 1.165) is 55.8 Å². The van der Waals surface area contributed by atoms with Crippen LogP contribution in [0, 0.1) is 5.82 Å². The number of aromatic nitrogens is 1. The number of benzene rings is 1. The van der Waals surface area contributed by atoms with Crippen molar-refractivity contribution in [2.24, 2.45) is 0 Å². The summed E-state index contributed by atoms with van der Waals surface area (Å²) in [6, 6.07) is 5.25. The summed E-state index contributed by atoms with van der Waals surface area (Å²) in [4.78, 5) is 4.80. The SMILES string of the molecule is Fc1ccc(OC2CCCCC2)c2nc3c(cc12)CCNCC3. The average Bonchev–Trinajstić information content (AvgIpc) is 2.82. The van der Waals surface area contributed by atoms with E-state index in [4.69, 9.17) is 9.72 Å². The molecule has 122 valence electrons. The topological polar surface area (TPSA) is 34.1 Å². The first-order valence-electron chi connectivity index (χ1n) is 8.79. The highest BCUT2D eigenvalue weighted by atomic mass is 19.1. The van der Waals surface area contributed by atoms with Crippen molar-refractivity contribution in [2.75, 3.05) is 13.1 Å². The van der Waals surface area contributed by atoms with E-state index in [9.17, 15) is 4.39 Å². The fourth-order valence-corrected chi connectivity index (χ4v) is 3.73. The zero-order chi connectivity index (χ0) is 15.6. The molecule has 1 aromatic carbocycles. The highest BCUT2D eigenvalue weighted by molar-refractivity contribution is 5.86. The van der Waals surface area contributed by atoms with Crippen molar-refractivity contribution in [1.29, 1.82) is 0 Å². The summed E-state index contributed by atoms with van der Waals surface area (Å²) in [7, 11) is 0. The van der Waals surface area contributed by atoms with Gasteiger partial charge >= 0.3 is 0 Å². The third-order valence-corrected chi connectivity index (χ3v) is 5.02. The standard InChI is InChI=1S/C19H23FN2O/c20-16-6-7-18(23-14-4-2-1-3-5-14)19-15(16)12-13-8-10-21-11-9-17(13)22-19/h6-7,12,14,21H,1-5,8-11H2. The number of nitrogens with zero attached hydrogens (tertiary/aromatic N) is 1. The Hall–Kier alpha value is -1.68. The molecular formula is C19H23FN2O. The molecule has 3 nitrogen and oxygen atoms in total. The van der Waals surface area contributed by atoms with Crippen LogP contribution in [0.15, 0.2) is 18.2 Å². The number of rotatable bonds is 2. The second-order valence-electron chi connectivity index (χ2n) is 6.66. The molecule has 2 heterocycles. The largest absolute Gasteiger partial charge is 0.488 e. The zero-order valence-corrected chi connectivity index (χ0v) is 13.4. The van der Waals surface area contributed by atoms with Crippen molar-refractivity contribution >= 4 is 10.9 Å². The molecule has 0 radical (unpaired) electrons. The van der Waals surface area contributed by atoms with Crippen LogP contribution < -0.4 is 10.1 Å². The average molecular weight is 314 g/mol. The molecule has 0 unspecified atom stereocenters. The Morgan fingerprint density at radius 3 is 2.78 bits per heavy atom. The molecule has 0 bridgehead atoms. The van der Waals surface area contributed by atoms with Crippen molar-refractivity contribution in [3.8, 4) is 5.75 Å². The molecule has 1 saturated carbocycles. The summed E-state index contributed by atoms with van der Waals surface area (Å²) in [5, 5.41) is 3.97. The quantitative estimate of drug-likeness (QED) is 0.916. The van der Waals surface area contributed by atoms with E-state index in [-0.39, 0.29) is 11.9 Å². The van der Waals surface area contributed by atoms with E-state index in [0.29, 0.717) is 10.9 Å². The highest BCUT2D eigenvalue weighted by Crippen LogP contribution is 2.31. The molecule has 0 amide bonds. The van der Waals surface area contributed by atoms with Gasteiger partial charge in [-0.2, -0.15) is 0 Å². The Bertz CT molecular complexity index is 710. The van der Waals surface area contributed by atoms with E-state index in [2.05, 4.69) is 5.32 Å². The maximum atomic E-state index is 14.3. The number of nitrogens with one attached hydrogen (secondary N) is 1. The summed E-state index contributed by atoms with van der Waals surface area (Å²) in [6.07, 6.45) is 7.97. The van der Waals surface area contributed by atoms with Gasteiger partial charge in [-0.3, -0.25) is 0 Å². The monoisotopic (exact) mass is 314 g/mol. The molecule has 1 aliphatic carbocycles. The molecule has 0 spiro atoms. The Morgan fingerprint density at radius 1 is 1.09 bits per heavy atom. The van der Waals surface area contributed by atoms with Crippen LogP contribution in [-0.2, 0) is 12.8 Å². The van der Waals surface area contributed by atoms with Crippen molar-refractivity contribution in [1.82, 2.24) is 10.3 Å². The normalized spacial score (nSPS) is 19.3. The van der Waals surface area contributed by atoms with E-state index in [1.807, 2.05) is 6.07 Å². The first-order valence-corrected chi connectivity index (χ1v) is 8.79. The lowest BCUT2D eigenvalue weighted by Gasteiger charge is -2.23. The zero-order valence-electron chi connectivity index (χ0n) is 13.4. The molecule has 1 N–H and O–H groups in total. The molecule has 0 atom stereocenters. The summed E-state index contributed by atoms with van der Waals surface area (Å²) in [6.45, 7) is 1.86. The number of hydrogen-bond donors (Lipinski definition) is 1. The minimum Gasteiger partial charge on any atom is -0.488 e. The second kappa shape index (κ2) is 6.44. The van der Waals surface area contributed by atoms with Crippen molar-refractivity contribution in [2.45, 2.75) is 51.0 Å². The molecule has 1 aromatic heterocycles. The van der Waals surface area contributed by atoms with Crippen LogP contribution in [0.3, 0.4) is 0 Å². The number of pyridine rings is 1. The lowest BCUT2D eigenvalue weighted by atomic mass is 9.97. The van der Waals surface area contributed by atoms with Crippen LogP contribution in [0.2, 0.25) is 0 Å². The molecular weight excluding hydrogens is 291 g/mol. The minimum atomic E-state index is -0.205. The molecule has 0 saturated heterocycles. The fraction of sp³-hybridized carbons (Fsp3) is 0.526. The molecule has 2 aromatic rings. The van der Waals surface area contributed by atoms with Gasteiger partial charge in [-0.1, -0.05) is 6.42 Å². The lowest BCUT2D eigenvalue weighted by molar-refractivity contribution is 0.156. The van der Waals surface area contributed by atoms with Crippen molar-refractivity contribution in [3.63, 3.8) is 0 Å². The molecule has 1 aliphatic heterocycles. The first-order chi connectivity index (χ1) is 11.3. The van der Waals surface area contributed by atoms with Crippen molar-refractivity contribution in [3.05, 3.63) is 35.3 Å². The van der Waals surface area contributed by atoms with Gasteiger partial charge in [0.15, 0.2) is 0 Å². The van der Waals surface area contributed by atoms with Gasteiger partial charge in [-0.25, -0.2) is 9.37 Å². The van der Waals surface area contributed by atoms with Crippen LogP contribution >= 0.6 is 0 Å². The van der Waals surface area contributed by atoms with Gasteiger partial charge in [0.05, 0.1) is 6.10 Å². The van der Waals surface area contributed by atoms with Crippen LogP contribution in [0.1, 0.15) is 43.4 Å². The minimum absolute atomic E-state index is 0.205. The maximum absolute atomic E-state index is 14.3. The summed E-state index contributed by atoms with van der Waals surface area (Å²) in [5.74, 6) is 0.539. The van der Waals surface area contributed by atoms with Crippen LogP contribution in [0.4, 0.5) is 4.39 Å². The van der Waals surface area contributed by atoms with Gasteiger partial charge in [0, 0.05) is 24.0 Å². The third kappa shape index (κ3) is 3.05. The van der Waals surface area contributed by atoms with Gasteiger partial charge in [-0.15, -0.1) is 0 Å². The highest BCUT2D eigenvalue weighted by Gasteiger charge is 2.19. The lowest BCUT2D eigenvalue weighted by Crippen LogP contribution is -2.20. The number of halogens is 1. The van der Waals surface area contributed by atoms with Crippen LogP contribution in [-0.4, -0.2) is 24.2 Å². The second-order valence-corrected chi connectivity index (χ2v) is 6.66. The Morgan fingerprint density at radius 2 is 1.91 bits per heavy atom. The number of fused-ring (bicyclic) bond motifs is 2. The first kappa shape index (κ1) is 14.9. The Balaban J connectivity index is 1.75. The van der Waals surface area contributed by atoms with Gasteiger partial charge in [0.2, 0.25) is 0 Å². The maximum Gasteiger partial charge on any atom is 0.146 e. The predicted molar refractivity (Wildman–Crippen MR) is 89.5 cm³/mol. The van der Waals surface area contributed by atoms with Crippen LogP contribution in [0.5, 0.6) is 5.75 Å². The van der Waals surface area contributed by atoms with E-state index < -0.39 is 0 Å². The molecule has 4 rings (SSSR count). The van der Waals surface area contributed by atoms with E-state index in [1.165, 1.54) is 25.3 Å². The molecule has 2 aliphatic rings. The Labute approximate surface area is 136 Å². The van der Waals surface area contributed by atoms with Gasteiger partial charge in [0.1, 0.15) is 17.1 Å². The van der Waals surface area contributed by atoms with Crippen molar-refractivity contribution < 1.29 is 9.13 Å². The number of ether oxygens (including phenoxy) is 1. The summed E-state index contributed by atoms with van der Waals surface area (Å²) < 4.78 is 20.5. The fourth-order valence-electron chi connectivity index (χ4n) is 3.73. The smallest absolute Gasteiger partial charge is 0.146 e. The van der Waals surface area contributed by atoms with Gasteiger partial charge in [-0.05, 0) is 62.4 Å². The predicted octanol–water partition coefficient (Wildman–Crippen LogP) is 3.77. The molecule has 23 heavy (non-hydrogen) atoms. The van der Waals surface area contributed by atoms with E-state index in [1.54, 1.807) is 6.07 Å². The van der Waals surface area contributed by atoms with E-state index >= 15 is 0 Å². The molecule has 1 fully saturated rings. The van der Waals surface area contributed by atoms with Gasteiger partial charge in [0.25, 0.3) is 0 Å². The third-order valence-electron chi connectivity index (χ3n) is 5.02. The van der Waals surface area contributed by atoms with Gasteiger partial charge < -0.3 is 10.1 Å². The van der Waals surface area contributed by atoms with Crippen LogP contribution in [0.25, 0.3) is 10.9 Å². The summed E-state index contributed by atoms with van der Waals surface area (Å²) in [5.41, 5.74) is 2.94.